The lowest BCUT2D eigenvalue weighted by Gasteiger charge is -2.01. The molecule has 0 unspecified atom stereocenters. The molecule has 98 valence electrons. The van der Waals surface area contributed by atoms with E-state index in [0.29, 0.717) is 0 Å². The monoisotopic (exact) mass is 230 g/mol. The number of allylic oxidation sites excluding steroid dienone is 2. The van der Waals surface area contributed by atoms with Crippen LogP contribution in [0.2, 0.25) is 0 Å². The molecule has 0 nitrogen and oxygen atoms in total. The summed E-state index contributed by atoms with van der Waals surface area (Å²) in [4.78, 5) is 0. The first kappa shape index (κ1) is 18.0. The molecule has 0 aliphatic heterocycles. The molecular formula is C15H31F. The van der Waals surface area contributed by atoms with E-state index < -0.39 is 0 Å². The molecule has 0 aromatic rings. The summed E-state index contributed by atoms with van der Waals surface area (Å²) in [6.07, 6.45) is 20.1. The molecule has 0 radical (unpaired) electrons. The number of rotatable bonds is 11. The van der Waals surface area contributed by atoms with Crippen LogP contribution in [0.5, 0.6) is 0 Å². The van der Waals surface area contributed by atoms with E-state index in [1.54, 1.807) is 0 Å². The minimum atomic E-state index is 0. The zero-order valence-electron chi connectivity index (χ0n) is 11.3. The third-order valence-electron chi connectivity index (χ3n) is 2.96. The third kappa shape index (κ3) is 16.1. The van der Waals surface area contributed by atoms with Gasteiger partial charge in [0.15, 0.2) is 0 Å². The van der Waals surface area contributed by atoms with Crippen molar-refractivity contribution in [2.24, 2.45) is 0 Å². The normalized spacial score (nSPS) is 10.6. The second-order valence-electron chi connectivity index (χ2n) is 4.54. The van der Waals surface area contributed by atoms with E-state index in [0.717, 1.165) is 0 Å². The van der Waals surface area contributed by atoms with Crippen LogP contribution >= 0.6 is 0 Å². The fourth-order valence-electron chi connectivity index (χ4n) is 1.92. The van der Waals surface area contributed by atoms with Crippen LogP contribution in [0.25, 0.3) is 0 Å². The maximum atomic E-state index is 2.28. The highest BCUT2D eigenvalue weighted by Crippen LogP contribution is 2.11. The predicted octanol–water partition coefficient (Wildman–Crippen LogP) is 6.03. The molecule has 0 aromatic heterocycles. The molecule has 0 bridgehead atoms. The predicted molar refractivity (Wildman–Crippen MR) is 73.8 cm³/mol. The second kappa shape index (κ2) is 17.1. The van der Waals surface area contributed by atoms with Gasteiger partial charge in [-0.15, -0.1) is 0 Å². The lowest BCUT2D eigenvalue weighted by molar-refractivity contribution is 0.557. The molecule has 0 atom stereocenters. The first-order valence-corrected chi connectivity index (χ1v) is 7.03. The van der Waals surface area contributed by atoms with Gasteiger partial charge < -0.3 is 0 Å². The van der Waals surface area contributed by atoms with Gasteiger partial charge in [0.1, 0.15) is 0 Å². The molecular weight excluding hydrogens is 199 g/mol. The van der Waals surface area contributed by atoms with Crippen molar-refractivity contribution in [3.8, 4) is 0 Å². The van der Waals surface area contributed by atoms with Crippen molar-refractivity contribution in [2.45, 2.75) is 84.5 Å². The summed E-state index contributed by atoms with van der Waals surface area (Å²) in [6.45, 7) is 4.39. The summed E-state index contributed by atoms with van der Waals surface area (Å²) in [7, 11) is 0. The van der Waals surface area contributed by atoms with Crippen molar-refractivity contribution in [3.63, 3.8) is 0 Å². The molecule has 0 heterocycles. The molecule has 0 spiro atoms. The minimum Gasteiger partial charge on any atom is -0.269 e. The quantitative estimate of drug-likeness (QED) is 0.300. The molecule has 0 saturated carbocycles. The van der Waals surface area contributed by atoms with Crippen molar-refractivity contribution in [1.82, 2.24) is 0 Å². The van der Waals surface area contributed by atoms with Crippen LogP contribution in [0.3, 0.4) is 0 Å². The van der Waals surface area contributed by atoms with Crippen LogP contribution in [0, 0.1) is 0 Å². The van der Waals surface area contributed by atoms with E-state index in [1.807, 2.05) is 0 Å². The smallest absolute Gasteiger partial charge is 0.0351 e. The van der Waals surface area contributed by atoms with Crippen molar-refractivity contribution in [3.05, 3.63) is 12.2 Å². The van der Waals surface area contributed by atoms with Crippen LogP contribution in [-0.4, -0.2) is 0 Å². The zero-order valence-corrected chi connectivity index (χ0v) is 11.3. The Kier molecular flexibility index (Phi) is 19.3. The Balaban J connectivity index is 0. The Labute approximate surface area is 102 Å². The van der Waals surface area contributed by atoms with Gasteiger partial charge in [0.2, 0.25) is 0 Å². The SMILES string of the molecule is CC=CCCCCCCCCCCCC.F. The van der Waals surface area contributed by atoms with Crippen LogP contribution in [0.4, 0.5) is 4.70 Å². The molecule has 16 heavy (non-hydrogen) atoms. The topological polar surface area (TPSA) is 0 Å². The third-order valence-corrected chi connectivity index (χ3v) is 2.96. The van der Waals surface area contributed by atoms with Crippen molar-refractivity contribution < 1.29 is 4.70 Å². The maximum absolute atomic E-state index is 2.28. The minimum absolute atomic E-state index is 0. The number of halogens is 1. The Bertz CT molecular complexity index is 129. The molecule has 1 heteroatoms. The van der Waals surface area contributed by atoms with Gasteiger partial charge in [-0.3, -0.25) is 4.70 Å². The van der Waals surface area contributed by atoms with E-state index in [4.69, 9.17) is 0 Å². The van der Waals surface area contributed by atoms with Gasteiger partial charge in [-0.1, -0.05) is 76.9 Å². The second-order valence-corrected chi connectivity index (χ2v) is 4.54. The van der Waals surface area contributed by atoms with Crippen LogP contribution < -0.4 is 0 Å². The largest absolute Gasteiger partial charge is 0.269 e. The van der Waals surface area contributed by atoms with E-state index in [9.17, 15) is 0 Å². The van der Waals surface area contributed by atoms with Crippen molar-refractivity contribution >= 4 is 0 Å². The highest BCUT2D eigenvalue weighted by Gasteiger charge is 1.91. The molecule has 0 N–H and O–H groups in total. The summed E-state index contributed by atoms with van der Waals surface area (Å²) >= 11 is 0. The van der Waals surface area contributed by atoms with Crippen LogP contribution in [-0.2, 0) is 0 Å². The van der Waals surface area contributed by atoms with Crippen molar-refractivity contribution in [1.29, 1.82) is 0 Å². The lowest BCUT2D eigenvalue weighted by atomic mass is 10.1. The molecule has 0 rings (SSSR count). The summed E-state index contributed by atoms with van der Waals surface area (Å²) < 4.78 is 0. The van der Waals surface area contributed by atoms with Crippen LogP contribution in [0.1, 0.15) is 84.5 Å². The van der Waals surface area contributed by atoms with Gasteiger partial charge in [-0.25, -0.2) is 0 Å². The number of hydrogen-bond acceptors (Lipinski definition) is 0. The molecule has 0 aromatic carbocycles. The Hall–Kier alpha value is -0.330. The lowest BCUT2D eigenvalue weighted by Crippen LogP contribution is -1.81. The summed E-state index contributed by atoms with van der Waals surface area (Å²) in [5, 5.41) is 0. The van der Waals surface area contributed by atoms with E-state index in [-0.39, 0.29) is 4.70 Å². The first-order chi connectivity index (χ1) is 7.41. The summed E-state index contributed by atoms with van der Waals surface area (Å²) in [6, 6.07) is 0. The fourth-order valence-corrected chi connectivity index (χ4v) is 1.92. The Morgan fingerprint density at radius 3 is 1.56 bits per heavy atom. The highest BCUT2D eigenvalue weighted by molar-refractivity contribution is 4.76. The maximum Gasteiger partial charge on any atom is -0.0351 e. The average molecular weight is 230 g/mol. The Morgan fingerprint density at radius 2 is 1.12 bits per heavy atom. The van der Waals surface area contributed by atoms with E-state index in [2.05, 4.69) is 26.0 Å². The zero-order chi connectivity index (χ0) is 11.2. The van der Waals surface area contributed by atoms with Gasteiger partial charge in [0, 0.05) is 0 Å². The van der Waals surface area contributed by atoms with E-state index >= 15 is 0 Å². The Morgan fingerprint density at radius 1 is 0.688 bits per heavy atom. The van der Waals surface area contributed by atoms with Gasteiger partial charge in [-0.05, 0) is 19.8 Å². The number of unbranched alkanes of at least 4 members (excludes halogenated alkanes) is 10. The molecule has 0 aliphatic rings. The standard InChI is InChI=1S/C15H30.FH/c1-3-5-7-9-11-13-15-14-12-10-8-6-4-2;/h3,5H,4,6-15H2,1-2H3;1H. The molecule has 0 saturated heterocycles. The van der Waals surface area contributed by atoms with Gasteiger partial charge in [0.25, 0.3) is 0 Å². The number of hydrogen-bond donors (Lipinski definition) is 0. The van der Waals surface area contributed by atoms with Gasteiger partial charge >= 0.3 is 0 Å². The molecule has 0 fully saturated rings. The van der Waals surface area contributed by atoms with Gasteiger partial charge in [-0.2, -0.15) is 0 Å². The highest BCUT2D eigenvalue weighted by atomic mass is 19.0. The van der Waals surface area contributed by atoms with Crippen LogP contribution in [0.15, 0.2) is 12.2 Å². The van der Waals surface area contributed by atoms with Gasteiger partial charge in [0.05, 0.1) is 0 Å². The van der Waals surface area contributed by atoms with E-state index in [1.165, 1.54) is 70.6 Å². The molecule has 0 aliphatic carbocycles. The average Bonchev–Trinajstić information content (AvgIpc) is 2.26. The molecule has 0 amide bonds. The summed E-state index contributed by atoms with van der Waals surface area (Å²) in [5.41, 5.74) is 0. The summed E-state index contributed by atoms with van der Waals surface area (Å²) in [5.74, 6) is 0. The fraction of sp³-hybridized carbons (Fsp3) is 0.867. The van der Waals surface area contributed by atoms with Crippen molar-refractivity contribution in [2.75, 3.05) is 0 Å². The first-order valence-electron chi connectivity index (χ1n) is 7.03.